The number of benzene rings is 3. The molecule has 7 heteroatoms. The molecule has 1 fully saturated rings. The van der Waals surface area contributed by atoms with Gasteiger partial charge in [0.05, 0.1) is 21.7 Å². The van der Waals surface area contributed by atoms with Gasteiger partial charge < -0.3 is 10.2 Å². The van der Waals surface area contributed by atoms with Crippen LogP contribution in [0.15, 0.2) is 72.3 Å². The third-order valence-electron chi connectivity index (χ3n) is 5.45. The molecule has 1 amide bonds. The van der Waals surface area contributed by atoms with Crippen LogP contribution < -0.4 is 4.90 Å². The molecule has 3 aromatic carbocycles. The number of phenolic OH excluding ortho intramolecular Hbond substituents is 1. The van der Waals surface area contributed by atoms with E-state index in [0.29, 0.717) is 21.8 Å². The van der Waals surface area contributed by atoms with Crippen LogP contribution in [0.1, 0.15) is 29.7 Å². The Morgan fingerprint density at radius 1 is 0.969 bits per heavy atom. The van der Waals surface area contributed by atoms with Crippen molar-refractivity contribution in [2.45, 2.75) is 19.4 Å². The summed E-state index contributed by atoms with van der Waals surface area (Å²) in [4.78, 5) is 27.5. The molecule has 1 heterocycles. The minimum atomic E-state index is -0.967. The molecule has 2 N–H and O–H groups in total. The van der Waals surface area contributed by atoms with E-state index < -0.39 is 17.7 Å². The molecular formula is C25H19Cl2NO4. The number of halogens is 2. The molecule has 0 spiro atoms. The summed E-state index contributed by atoms with van der Waals surface area (Å²) in [7, 11) is 0. The van der Waals surface area contributed by atoms with Gasteiger partial charge in [0.15, 0.2) is 0 Å². The molecule has 1 atom stereocenters. The molecule has 162 valence electrons. The van der Waals surface area contributed by atoms with Gasteiger partial charge in [-0.15, -0.1) is 0 Å². The smallest absolute Gasteiger partial charge is 0.300 e. The number of anilines is 1. The fourth-order valence-corrected chi connectivity index (χ4v) is 4.09. The van der Waals surface area contributed by atoms with Crippen LogP contribution >= 0.6 is 23.2 Å². The van der Waals surface area contributed by atoms with E-state index in [9.17, 15) is 19.8 Å². The molecule has 0 aliphatic carbocycles. The number of nitrogens with zero attached hydrogens (tertiary/aromatic N) is 1. The van der Waals surface area contributed by atoms with Crippen LogP contribution in [0.3, 0.4) is 0 Å². The van der Waals surface area contributed by atoms with Crippen LogP contribution in [-0.2, 0) is 16.0 Å². The van der Waals surface area contributed by atoms with Crippen molar-refractivity contribution < 1.29 is 19.8 Å². The standard InChI is InChI=1S/C25H19Cl2NO4/c1-2-14-6-8-15(9-7-14)23(30)21-22(16-4-3-5-18(29)12-16)28(25(32)24(21)31)17-10-11-19(26)20(27)13-17/h3-13,22,29-30H,2H2,1H3/b23-21+. The number of rotatable bonds is 4. The summed E-state index contributed by atoms with van der Waals surface area (Å²) in [6.45, 7) is 2.01. The largest absolute Gasteiger partial charge is 0.508 e. The van der Waals surface area contributed by atoms with Crippen molar-refractivity contribution in [2.24, 2.45) is 0 Å². The molecule has 5 nitrogen and oxygen atoms in total. The fraction of sp³-hybridized carbons (Fsp3) is 0.120. The highest BCUT2D eigenvalue weighted by Gasteiger charge is 2.47. The zero-order chi connectivity index (χ0) is 23.0. The Morgan fingerprint density at radius 3 is 2.31 bits per heavy atom. The van der Waals surface area contributed by atoms with Gasteiger partial charge in [-0.2, -0.15) is 0 Å². The quantitative estimate of drug-likeness (QED) is 0.285. The van der Waals surface area contributed by atoms with Crippen LogP contribution in [0.25, 0.3) is 5.76 Å². The van der Waals surface area contributed by atoms with Gasteiger partial charge in [0.2, 0.25) is 0 Å². The van der Waals surface area contributed by atoms with Gasteiger partial charge in [0, 0.05) is 11.3 Å². The number of hydrogen-bond donors (Lipinski definition) is 2. The Labute approximate surface area is 195 Å². The third-order valence-corrected chi connectivity index (χ3v) is 6.19. The number of amides is 1. The lowest BCUT2D eigenvalue weighted by Crippen LogP contribution is -2.29. The average molecular weight is 468 g/mol. The number of phenols is 1. The number of aryl methyl sites for hydroxylation is 1. The molecule has 32 heavy (non-hydrogen) atoms. The lowest BCUT2D eigenvalue weighted by atomic mass is 9.94. The Bertz CT molecular complexity index is 1250. The van der Waals surface area contributed by atoms with Crippen molar-refractivity contribution in [3.63, 3.8) is 0 Å². The summed E-state index contributed by atoms with van der Waals surface area (Å²) in [5.74, 6) is -1.97. The van der Waals surface area contributed by atoms with Crippen molar-refractivity contribution in [3.05, 3.63) is 99.0 Å². The highest BCUT2D eigenvalue weighted by atomic mass is 35.5. The van der Waals surface area contributed by atoms with E-state index in [1.807, 2.05) is 19.1 Å². The Balaban J connectivity index is 1.94. The number of ketones is 1. The second kappa shape index (κ2) is 8.69. The molecule has 0 bridgehead atoms. The first-order valence-electron chi connectivity index (χ1n) is 9.96. The van der Waals surface area contributed by atoms with E-state index in [2.05, 4.69) is 0 Å². The van der Waals surface area contributed by atoms with Gasteiger partial charge >= 0.3 is 0 Å². The number of hydrogen-bond acceptors (Lipinski definition) is 4. The first kappa shape index (κ1) is 21.9. The lowest BCUT2D eigenvalue weighted by molar-refractivity contribution is -0.132. The maximum Gasteiger partial charge on any atom is 0.300 e. The van der Waals surface area contributed by atoms with Gasteiger partial charge in [0.1, 0.15) is 11.5 Å². The second-order valence-electron chi connectivity index (χ2n) is 7.41. The van der Waals surface area contributed by atoms with E-state index in [4.69, 9.17) is 23.2 Å². The third kappa shape index (κ3) is 3.85. The van der Waals surface area contributed by atoms with Crippen LogP contribution in [0.4, 0.5) is 5.69 Å². The molecule has 4 rings (SSSR count). The van der Waals surface area contributed by atoms with Crippen LogP contribution in [0, 0.1) is 0 Å². The zero-order valence-electron chi connectivity index (χ0n) is 17.0. The summed E-state index contributed by atoms with van der Waals surface area (Å²) < 4.78 is 0. The normalized spacial score (nSPS) is 17.7. The molecule has 1 unspecified atom stereocenters. The van der Waals surface area contributed by atoms with E-state index in [1.165, 1.54) is 29.2 Å². The SMILES string of the molecule is CCc1ccc(/C(O)=C2\C(=O)C(=O)N(c3ccc(Cl)c(Cl)c3)C2c2cccc(O)c2)cc1. The fourth-order valence-electron chi connectivity index (χ4n) is 3.80. The Kier molecular flexibility index (Phi) is 5.96. The summed E-state index contributed by atoms with van der Waals surface area (Å²) >= 11 is 12.2. The number of Topliss-reactive ketones (excluding diaryl/α,β-unsaturated/α-hetero) is 1. The van der Waals surface area contributed by atoms with E-state index >= 15 is 0 Å². The zero-order valence-corrected chi connectivity index (χ0v) is 18.6. The first-order chi connectivity index (χ1) is 15.3. The molecule has 3 aromatic rings. The highest BCUT2D eigenvalue weighted by Crippen LogP contribution is 2.43. The predicted octanol–water partition coefficient (Wildman–Crippen LogP) is 5.89. The first-order valence-corrected chi connectivity index (χ1v) is 10.7. The topological polar surface area (TPSA) is 77.8 Å². The molecule has 1 saturated heterocycles. The monoisotopic (exact) mass is 467 g/mol. The maximum absolute atomic E-state index is 13.1. The summed E-state index contributed by atoms with van der Waals surface area (Å²) in [6, 6.07) is 17.0. The molecule has 1 aliphatic heterocycles. The van der Waals surface area contributed by atoms with Crippen molar-refractivity contribution in [3.8, 4) is 5.75 Å². The van der Waals surface area contributed by atoms with Crippen molar-refractivity contribution >= 4 is 46.3 Å². The molecule has 0 aromatic heterocycles. The van der Waals surface area contributed by atoms with E-state index in [-0.39, 0.29) is 22.1 Å². The van der Waals surface area contributed by atoms with Crippen LogP contribution in [-0.4, -0.2) is 21.9 Å². The van der Waals surface area contributed by atoms with Crippen molar-refractivity contribution in [1.82, 2.24) is 0 Å². The van der Waals surface area contributed by atoms with Gasteiger partial charge in [-0.3, -0.25) is 14.5 Å². The Morgan fingerprint density at radius 2 is 1.69 bits per heavy atom. The number of aromatic hydroxyl groups is 1. The van der Waals surface area contributed by atoms with Crippen LogP contribution in [0.5, 0.6) is 5.75 Å². The lowest BCUT2D eigenvalue weighted by Gasteiger charge is -2.25. The summed E-state index contributed by atoms with van der Waals surface area (Å²) in [5.41, 5.74) is 2.22. The number of carbonyl (C=O) groups is 2. The molecular weight excluding hydrogens is 449 g/mol. The molecule has 0 saturated carbocycles. The van der Waals surface area contributed by atoms with Gasteiger partial charge in [-0.1, -0.05) is 66.5 Å². The van der Waals surface area contributed by atoms with Crippen molar-refractivity contribution in [1.29, 1.82) is 0 Å². The minimum absolute atomic E-state index is 0.0328. The molecule has 0 radical (unpaired) electrons. The maximum atomic E-state index is 13.1. The Hall–Kier alpha value is -3.28. The van der Waals surface area contributed by atoms with E-state index in [1.54, 1.807) is 30.3 Å². The second-order valence-corrected chi connectivity index (χ2v) is 8.23. The molecule has 1 aliphatic rings. The number of aliphatic hydroxyl groups is 1. The summed E-state index contributed by atoms with van der Waals surface area (Å²) in [5, 5.41) is 21.7. The van der Waals surface area contributed by atoms with Crippen LogP contribution in [0.2, 0.25) is 10.0 Å². The summed E-state index contributed by atoms with van der Waals surface area (Å²) in [6.07, 6.45) is 0.825. The van der Waals surface area contributed by atoms with Gasteiger partial charge in [-0.05, 0) is 47.9 Å². The number of carbonyl (C=O) groups excluding carboxylic acids is 2. The predicted molar refractivity (Wildman–Crippen MR) is 125 cm³/mol. The highest BCUT2D eigenvalue weighted by molar-refractivity contribution is 6.52. The van der Waals surface area contributed by atoms with Gasteiger partial charge in [0.25, 0.3) is 11.7 Å². The average Bonchev–Trinajstić information content (AvgIpc) is 3.06. The van der Waals surface area contributed by atoms with Gasteiger partial charge in [-0.25, -0.2) is 0 Å². The van der Waals surface area contributed by atoms with Crippen molar-refractivity contribution in [2.75, 3.05) is 4.90 Å². The number of aliphatic hydroxyl groups excluding tert-OH is 1. The van der Waals surface area contributed by atoms with E-state index in [0.717, 1.165) is 12.0 Å². The minimum Gasteiger partial charge on any atom is -0.508 e.